The van der Waals surface area contributed by atoms with E-state index < -0.39 is 0 Å². The Hall–Kier alpha value is -1.82. The predicted octanol–water partition coefficient (Wildman–Crippen LogP) is 5.70. The summed E-state index contributed by atoms with van der Waals surface area (Å²) in [4.78, 5) is 0. The van der Waals surface area contributed by atoms with E-state index in [9.17, 15) is 0 Å². The van der Waals surface area contributed by atoms with E-state index >= 15 is 0 Å². The average Bonchev–Trinajstić information content (AvgIpc) is 2.49. The number of benzene rings is 2. The number of aryl methyl sites for hydroxylation is 1. The number of hydrogen-bond donors (Lipinski definition) is 0. The topological polar surface area (TPSA) is 0 Å². The van der Waals surface area contributed by atoms with Crippen LogP contribution in [-0.2, 0) is 0 Å². The quantitative estimate of drug-likeness (QED) is 0.561. The van der Waals surface area contributed by atoms with E-state index in [1.165, 1.54) is 27.5 Å². The second-order valence-electron chi connectivity index (χ2n) is 5.07. The molecule has 0 radical (unpaired) electrons. The van der Waals surface area contributed by atoms with Gasteiger partial charge in [0, 0.05) is 5.92 Å². The second kappa shape index (κ2) is 4.70. The molecule has 96 valence electrons. The molecule has 0 heteroatoms. The minimum atomic E-state index is 0.591. The molecule has 0 saturated carbocycles. The maximum atomic E-state index is 2.37. The Morgan fingerprint density at radius 1 is 1.00 bits per heavy atom. The molecule has 0 saturated heterocycles. The zero-order chi connectivity index (χ0) is 13.4. The van der Waals surface area contributed by atoms with Crippen molar-refractivity contribution < 1.29 is 0 Å². The normalized spacial score (nSPS) is 18.2. The Bertz CT molecular complexity index is 687. The van der Waals surface area contributed by atoms with Crippen LogP contribution in [0.3, 0.4) is 0 Å². The van der Waals surface area contributed by atoms with E-state index in [0.29, 0.717) is 5.92 Å². The second-order valence-corrected chi connectivity index (χ2v) is 5.07. The largest absolute Gasteiger partial charge is 0.0830 e. The van der Waals surface area contributed by atoms with Crippen molar-refractivity contribution in [2.24, 2.45) is 0 Å². The molecule has 19 heavy (non-hydrogen) atoms. The first kappa shape index (κ1) is 12.2. The van der Waals surface area contributed by atoms with Gasteiger partial charge in [-0.3, -0.25) is 0 Å². The summed E-state index contributed by atoms with van der Waals surface area (Å²) in [6.45, 7) is 6.21. The van der Waals surface area contributed by atoms with Gasteiger partial charge in [-0.05, 0) is 46.4 Å². The number of allylic oxidation sites excluding steroid dienone is 2. The highest BCUT2D eigenvalue weighted by atomic mass is 14.3. The van der Waals surface area contributed by atoms with E-state index in [-0.39, 0.29) is 0 Å². The van der Waals surface area contributed by atoms with E-state index in [1.54, 1.807) is 5.56 Å². The molecule has 1 atom stereocenters. The van der Waals surface area contributed by atoms with Crippen molar-refractivity contribution in [3.05, 3.63) is 58.7 Å². The third-order valence-corrected chi connectivity index (χ3v) is 4.07. The molecule has 0 amide bonds. The van der Waals surface area contributed by atoms with Gasteiger partial charge in [0.05, 0.1) is 0 Å². The predicted molar refractivity (Wildman–Crippen MR) is 85.5 cm³/mol. The first-order valence-electron chi connectivity index (χ1n) is 7.25. The van der Waals surface area contributed by atoms with Gasteiger partial charge >= 0.3 is 0 Å². The fraction of sp³-hybridized carbons (Fsp3) is 0.263. The van der Waals surface area contributed by atoms with Crippen molar-refractivity contribution in [1.29, 1.82) is 0 Å². The lowest BCUT2D eigenvalue weighted by molar-refractivity contribution is 0.860. The fourth-order valence-corrected chi connectivity index (χ4v) is 3.20. The smallest absolute Gasteiger partial charge is 0.00682 e. The van der Waals surface area contributed by atoms with Gasteiger partial charge in [0.25, 0.3) is 0 Å². The molecule has 2 aliphatic rings. The maximum absolute atomic E-state index is 2.37. The Morgan fingerprint density at radius 2 is 1.79 bits per heavy atom. The molecule has 0 heterocycles. The molecule has 2 aromatic carbocycles. The zero-order valence-electron chi connectivity index (χ0n) is 11.9. The van der Waals surface area contributed by atoms with Crippen molar-refractivity contribution in [3.63, 3.8) is 0 Å². The molecule has 0 aromatic heterocycles. The van der Waals surface area contributed by atoms with Gasteiger partial charge in [-0.1, -0.05) is 62.4 Å². The van der Waals surface area contributed by atoms with Gasteiger partial charge in [-0.15, -0.1) is 0 Å². The average molecular weight is 248 g/mol. The van der Waals surface area contributed by atoms with Gasteiger partial charge in [0.2, 0.25) is 0 Å². The summed E-state index contributed by atoms with van der Waals surface area (Å²) in [7, 11) is 0. The SMILES string of the molecule is CC.Cc1ccc2ccc3c4c2c1C=CC4CC=C3. The van der Waals surface area contributed by atoms with Crippen molar-refractivity contribution in [3.8, 4) is 0 Å². The van der Waals surface area contributed by atoms with Crippen LogP contribution in [0.25, 0.3) is 22.9 Å². The lowest BCUT2D eigenvalue weighted by atomic mass is 9.78. The van der Waals surface area contributed by atoms with E-state index in [1.807, 2.05) is 13.8 Å². The standard InChI is InChI=1S/C17H14.C2H6/c1-11-5-6-14-8-7-12-3-2-4-13-9-10-15(11)17(14)16(12)13;1-2/h2-3,5-10,13H,4H2,1H3;1-2H3. The third-order valence-electron chi connectivity index (χ3n) is 4.07. The fourth-order valence-electron chi connectivity index (χ4n) is 3.20. The lowest BCUT2D eigenvalue weighted by Gasteiger charge is -2.26. The highest BCUT2D eigenvalue weighted by Gasteiger charge is 2.22. The Morgan fingerprint density at radius 3 is 2.63 bits per heavy atom. The van der Waals surface area contributed by atoms with Crippen LogP contribution in [0, 0.1) is 6.92 Å². The number of hydrogen-bond acceptors (Lipinski definition) is 0. The lowest BCUT2D eigenvalue weighted by Crippen LogP contribution is -2.06. The van der Waals surface area contributed by atoms with Gasteiger partial charge in [-0.2, -0.15) is 0 Å². The summed E-state index contributed by atoms with van der Waals surface area (Å²) < 4.78 is 0. The molecule has 2 aliphatic carbocycles. The molecule has 0 aliphatic heterocycles. The summed E-state index contributed by atoms with van der Waals surface area (Å²) in [5.74, 6) is 0.591. The molecule has 1 unspecified atom stereocenters. The third kappa shape index (κ3) is 1.74. The molecular formula is C19H20. The van der Waals surface area contributed by atoms with Gasteiger partial charge in [0.15, 0.2) is 0 Å². The molecule has 2 aromatic rings. The van der Waals surface area contributed by atoms with Crippen LogP contribution < -0.4 is 0 Å². The van der Waals surface area contributed by atoms with Crippen molar-refractivity contribution in [1.82, 2.24) is 0 Å². The molecule has 0 N–H and O–H groups in total. The van der Waals surface area contributed by atoms with E-state index in [2.05, 4.69) is 55.5 Å². The molecule has 0 nitrogen and oxygen atoms in total. The van der Waals surface area contributed by atoms with Crippen LogP contribution in [0.4, 0.5) is 0 Å². The summed E-state index contributed by atoms with van der Waals surface area (Å²) >= 11 is 0. The van der Waals surface area contributed by atoms with Crippen LogP contribution in [0.2, 0.25) is 0 Å². The van der Waals surface area contributed by atoms with Crippen LogP contribution in [0.1, 0.15) is 48.4 Å². The van der Waals surface area contributed by atoms with Crippen LogP contribution in [0.15, 0.2) is 36.4 Å². The van der Waals surface area contributed by atoms with E-state index in [0.717, 1.165) is 6.42 Å². The summed E-state index contributed by atoms with van der Waals surface area (Å²) in [5.41, 5.74) is 5.76. The van der Waals surface area contributed by atoms with E-state index in [4.69, 9.17) is 0 Å². The van der Waals surface area contributed by atoms with Gasteiger partial charge in [0.1, 0.15) is 0 Å². The number of rotatable bonds is 0. The summed E-state index contributed by atoms with van der Waals surface area (Å²) in [5, 5.41) is 2.87. The summed E-state index contributed by atoms with van der Waals surface area (Å²) in [6, 6.07) is 9.00. The molecule has 0 fully saturated rings. The Kier molecular flexibility index (Phi) is 3.02. The minimum absolute atomic E-state index is 0.591. The molecular weight excluding hydrogens is 228 g/mol. The Labute approximate surface area is 115 Å². The summed E-state index contributed by atoms with van der Waals surface area (Å²) in [6.07, 6.45) is 10.4. The van der Waals surface area contributed by atoms with Crippen molar-refractivity contribution >= 4 is 22.9 Å². The molecule has 0 spiro atoms. The monoisotopic (exact) mass is 248 g/mol. The maximum Gasteiger partial charge on any atom is 0.00682 e. The Balaban J connectivity index is 0.000000528. The van der Waals surface area contributed by atoms with Crippen LogP contribution in [0.5, 0.6) is 0 Å². The zero-order valence-corrected chi connectivity index (χ0v) is 11.9. The first-order valence-corrected chi connectivity index (χ1v) is 7.25. The molecule has 4 rings (SSSR count). The van der Waals surface area contributed by atoms with Crippen LogP contribution >= 0.6 is 0 Å². The van der Waals surface area contributed by atoms with Crippen LogP contribution in [-0.4, -0.2) is 0 Å². The van der Waals surface area contributed by atoms with Gasteiger partial charge < -0.3 is 0 Å². The van der Waals surface area contributed by atoms with Crippen molar-refractivity contribution in [2.45, 2.75) is 33.1 Å². The highest BCUT2D eigenvalue weighted by molar-refractivity contribution is 5.99. The minimum Gasteiger partial charge on any atom is -0.0830 e. The van der Waals surface area contributed by atoms with Crippen molar-refractivity contribution in [2.75, 3.05) is 0 Å². The van der Waals surface area contributed by atoms with Gasteiger partial charge in [-0.25, -0.2) is 0 Å². The first-order chi connectivity index (χ1) is 9.34. The molecule has 0 bridgehead atoms. The highest BCUT2D eigenvalue weighted by Crippen LogP contribution is 2.42.